The van der Waals surface area contributed by atoms with E-state index in [0.717, 1.165) is 17.0 Å². The standard InChI is InChI=1S/C14H16N2O3/c1-10-6-7-18-13(10)8-16-11-2-4-12(5-3-11)19-9-14(15)17/h2-7,16H,8-9H2,1H3,(H2,15,17). The van der Waals surface area contributed by atoms with Crippen LogP contribution in [0, 0.1) is 6.92 Å². The van der Waals surface area contributed by atoms with Gasteiger partial charge in [0.1, 0.15) is 11.5 Å². The van der Waals surface area contributed by atoms with E-state index < -0.39 is 5.91 Å². The van der Waals surface area contributed by atoms with Gasteiger partial charge in [0.15, 0.2) is 6.61 Å². The fourth-order valence-electron chi connectivity index (χ4n) is 1.59. The number of benzene rings is 1. The van der Waals surface area contributed by atoms with Gasteiger partial charge in [-0.05, 0) is 42.8 Å². The number of furan rings is 1. The lowest BCUT2D eigenvalue weighted by Gasteiger charge is -2.07. The number of nitrogens with one attached hydrogen (secondary N) is 1. The Bertz CT molecular complexity index is 546. The molecule has 1 heterocycles. The van der Waals surface area contributed by atoms with Gasteiger partial charge < -0.3 is 20.2 Å². The highest BCUT2D eigenvalue weighted by Crippen LogP contribution is 2.17. The number of hydrogen-bond donors (Lipinski definition) is 2. The third kappa shape index (κ3) is 3.77. The van der Waals surface area contributed by atoms with Crippen LogP contribution < -0.4 is 15.8 Å². The van der Waals surface area contributed by atoms with Crippen molar-refractivity contribution in [2.24, 2.45) is 5.73 Å². The van der Waals surface area contributed by atoms with Crippen molar-refractivity contribution in [3.05, 3.63) is 47.9 Å². The van der Waals surface area contributed by atoms with E-state index in [-0.39, 0.29) is 6.61 Å². The van der Waals surface area contributed by atoms with E-state index >= 15 is 0 Å². The van der Waals surface area contributed by atoms with Crippen molar-refractivity contribution in [3.63, 3.8) is 0 Å². The van der Waals surface area contributed by atoms with Gasteiger partial charge in [-0.2, -0.15) is 0 Å². The van der Waals surface area contributed by atoms with E-state index in [1.807, 2.05) is 25.1 Å². The van der Waals surface area contributed by atoms with Gasteiger partial charge in [-0.25, -0.2) is 0 Å². The van der Waals surface area contributed by atoms with E-state index in [4.69, 9.17) is 14.9 Å². The summed E-state index contributed by atoms with van der Waals surface area (Å²) in [5.41, 5.74) is 7.07. The average Bonchev–Trinajstić information content (AvgIpc) is 2.81. The SMILES string of the molecule is Cc1ccoc1CNc1ccc(OCC(N)=O)cc1. The summed E-state index contributed by atoms with van der Waals surface area (Å²) in [6.07, 6.45) is 1.67. The Labute approximate surface area is 111 Å². The van der Waals surface area contributed by atoms with Crippen LogP contribution in [0.1, 0.15) is 11.3 Å². The first-order chi connectivity index (χ1) is 9.15. The predicted octanol–water partition coefficient (Wildman–Crippen LogP) is 2.06. The zero-order valence-electron chi connectivity index (χ0n) is 10.7. The zero-order chi connectivity index (χ0) is 13.7. The minimum atomic E-state index is -0.490. The summed E-state index contributed by atoms with van der Waals surface area (Å²) in [7, 11) is 0. The number of aryl methyl sites for hydroxylation is 1. The lowest BCUT2D eigenvalue weighted by Crippen LogP contribution is -2.19. The molecule has 5 heteroatoms. The Hall–Kier alpha value is -2.43. The molecule has 5 nitrogen and oxygen atoms in total. The number of rotatable bonds is 6. The Kier molecular flexibility index (Phi) is 4.07. The molecular weight excluding hydrogens is 244 g/mol. The number of anilines is 1. The Morgan fingerprint density at radius 1 is 1.32 bits per heavy atom. The molecule has 0 aliphatic carbocycles. The number of nitrogens with two attached hydrogens (primary N) is 1. The van der Waals surface area contributed by atoms with Crippen LogP contribution in [0.25, 0.3) is 0 Å². The summed E-state index contributed by atoms with van der Waals surface area (Å²) in [4.78, 5) is 10.6. The highest BCUT2D eigenvalue weighted by atomic mass is 16.5. The Morgan fingerprint density at radius 2 is 2.05 bits per heavy atom. The van der Waals surface area contributed by atoms with Gasteiger partial charge in [-0.15, -0.1) is 0 Å². The molecule has 0 aliphatic heterocycles. The summed E-state index contributed by atoms with van der Waals surface area (Å²) in [5.74, 6) is 1.03. The molecule has 0 unspecified atom stereocenters. The van der Waals surface area contributed by atoms with Crippen LogP contribution in [-0.4, -0.2) is 12.5 Å². The average molecular weight is 260 g/mol. The minimum absolute atomic E-state index is 0.113. The third-order valence-electron chi connectivity index (χ3n) is 2.66. The van der Waals surface area contributed by atoms with Crippen molar-refractivity contribution in [3.8, 4) is 5.75 Å². The van der Waals surface area contributed by atoms with Crippen LogP contribution in [0.15, 0.2) is 41.0 Å². The fourth-order valence-corrected chi connectivity index (χ4v) is 1.59. The monoisotopic (exact) mass is 260 g/mol. The first-order valence-electron chi connectivity index (χ1n) is 5.93. The van der Waals surface area contributed by atoms with Crippen LogP contribution in [0.5, 0.6) is 5.75 Å². The molecule has 0 atom stereocenters. The van der Waals surface area contributed by atoms with Crippen LogP contribution in [0.2, 0.25) is 0 Å². The molecule has 0 fully saturated rings. The Balaban J connectivity index is 1.88. The molecule has 0 aliphatic rings. The summed E-state index contributed by atoms with van der Waals surface area (Å²) >= 11 is 0. The Morgan fingerprint density at radius 3 is 2.63 bits per heavy atom. The summed E-state index contributed by atoms with van der Waals surface area (Å²) in [5, 5.41) is 3.24. The second kappa shape index (κ2) is 5.95. The molecule has 1 aromatic heterocycles. The third-order valence-corrected chi connectivity index (χ3v) is 2.66. The predicted molar refractivity (Wildman–Crippen MR) is 71.9 cm³/mol. The molecular formula is C14H16N2O3. The normalized spacial score (nSPS) is 10.2. The number of carbonyl (C=O) groups is 1. The number of carbonyl (C=O) groups excluding carboxylic acids is 1. The molecule has 100 valence electrons. The molecule has 3 N–H and O–H groups in total. The second-order valence-electron chi connectivity index (χ2n) is 4.16. The maximum absolute atomic E-state index is 10.6. The molecule has 0 saturated heterocycles. The second-order valence-corrected chi connectivity index (χ2v) is 4.16. The maximum Gasteiger partial charge on any atom is 0.255 e. The van der Waals surface area contributed by atoms with Crippen molar-refractivity contribution >= 4 is 11.6 Å². The molecule has 2 rings (SSSR count). The quantitative estimate of drug-likeness (QED) is 0.833. The van der Waals surface area contributed by atoms with E-state index in [1.165, 1.54) is 0 Å². The van der Waals surface area contributed by atoms with E-state index in [9.17, 15) is 4.79 Å². The lowest BCUT2D eigenvalue weighted by atomic mass is 10.2. The maximum atomic E-state index is 10.6. The fraction of sp³-hybridized carbons (Fsp3) is 0.214. The number of primary amides is 1. The van der Waals surface area contributed by atoms with Crippen molar-refractivity contribution in [1.29, 1.82) is 0 Å². The van der Waals surface area contributed by atoms with Gasteiger partial charge >= 0.3 is 0 Å². The molecule has 19 heavy (non-hydrogen) atoms. The highest BCUT2D eigenvalue weighted by Gasteiger charge is 2.02. The molecule has 0 spiro atoms. The van der Waals surface area contributed by atoms with Crippen molar-refractivity contribution in [2.75, 3.05) is 11.9 Å². The molecule has 1 amide bonds. The van der Waals surface area contributed by atoms with Crippen LogP contribution in [0.3, 0.4) is 0 Å². The summed E-state index contributed by atoms with van der Waals surface area (Å²) in [6, 6.07) is 9.22. The number of ether oxygens (including phenoxy) is 1. The van der Waals surface area contributed by atoms with E-state index in [1.54, 1.807) is 18.4 Å². The topological polar surface area (TPSA) is 77.5 Å². The van der Waals surface area contributed by atoms with Gasteiger partial charge in [-0.3, -0.25) is 4.79 Å². The number of amides is 1. The first kappa shape index (κ1) is 13.0. The van der Waals surface area contributed by atoms with Gasteiger partial charge in [0, 0.05) is 5.69 Å². The molecule has 1 aromatic carbocycles. The van der Waals surface area contributed by atoms with Crippen molar-refractivity contribution < 1.29 is 13.9 Å². The largest absolute Gasteiger partial charge is 0.484 e. The van der Waals surface area contributed by atoms with Crippen LogP contribution in [-0.2, 0) is 11.3 Å². The van der Waals surface area contributed by atoms with Crippen molar-refractivity contribution in [1.82, 2.24) is 0 Å². The number of hydrogen-bond acceptors (Lipinski definition) is 4. The van der Waals surface area contributed by atoms with Gasteiger partial charge in [-0.1, -0.05) is 0 Å². The summed E-state index contributed by atoms with van der Waals surface area (Å²) in [6.45, 7) is 2.51. The zero-order valence-corrected chi connectivity index (χ0v) is 10.7. The van der Waals surface area contributed by atoms with Crippen LogP contribution in [0.4, 0.5) is 5.69 Å². The molecule has 0 saturated carbocycles. The van der Waals surface area contributed by atoms with Gasteiger partial charge in [0.05, 0.1) is 12.8 Å². The first-order valence-corrected chi connectivity index (χ1v) is 5.93. The van der Waals surface area contributed by atoms with Crippen molar-refractivity contribution in [2.45, 2.75) is 13.5 Å². The van der Waals surface area contributed by atoms with Crippen LogP contribution >= 0.6 is 0 Å². The van der Waals surface area contributed by atoms with Gasteiger partial charge in [0.2, 0.25) is 0 Å². The molecule has 0 radical (unpaired) electrons. The lowest BCUT2D eigenvalue weighted by molar-refractivity contribution is -0.119. The minimum Gasteiger partial charge on any atom is -0.484 e. The molecule has 0 bridgehead atoms. The highest BCUT2D eigenvalue weighted by molar-refractivity contribution is 5.75. The van der Waals surface area contributed by atoms with E-state index in [0.29, 0.717) is 12.3 Å². The van der Waals surface area contributed by atoms with E-state index in [2.05, 4.69) is 5.32 Å². The molecule has 2 aromatic rings. The summed E-state index contributed by atoms with van der Waals surface area (Å²) < 4.78 is 10.5. The smallest absolute Gasteiger partial charge is 0.255 e. The van der Waals surface area contributed by atoms with Gasteiger partial charge in [0.25, 0.3) is 5.91 Å².